The summed E-state index contributed by atoms with van der Waals surface area (Å²) in [7, 11) is 0. The molecule has 1 saturated heterocycles. The van der Waals surface area contributed by atoms with Gasteiger partial charge in [0.1, 0.15) is 23.4 Å². The van der Waals surface area contributed by atoms with Crippen LogP contribution in [0.15, 0.2) is 18.2 Å². The smallest absolute Gasteiger partial charge is 0.245 e. The lowest BCUT2D eigenvalue weighted by molar-refractivity contribution is -0.129. The lowest BCUT2D eigenvalue weighted by Gasteiger charge is -2.21. The molecule has 2 rings (SSSR count). The van der Waals surface area contributed by atoms with E-state index in [1.807, 2.05) is 13.8 Å². The topological polar surface area (TPSA) is 32.3 Å². The number of nitrogens with one attached hydrogen (secondary N) is 1. The van der Waals surface area contributed by atoms with Crippen LogP contribution in [0.3, 0.4) is 0 Å². The van der Waals surface area contributed by atoms with Crippen molar-refractivity contribution in [3.05, 3.63) is 29.8 Å². The molecule has 98 valence electrons. The average Bonchev–Trinajstić information content (AvgIpc) is 2.66. The van der Waals surface area contributed by atoms with Gasteiger partial charge in [0.25, 0.3) is 0 Å². The van der Waals surface area contributed by atoms with Gasteiger partial charge in [0, 0.05) is 12.6 Å². The molecule has 1 unspecified atom stereocenters. The summed E-state index contributed by atoms with van der Waals surface area (Å²) in [5.74, 6) is -1.45. The number of amides is 1. The van der Waals surface area contributed by atoms with Gasteiger partial charge in [0.05, 0.1) is 0 Å². The Hall–Kier alpha value is -1.65. The van der Waals surface area contributed by atoms with Crippen LogP contribution in [0.1, 0.15) is 20.3 Å². The van der Waals surface area contributed by atoms with Gasteiger partial charge in [0.15, 0.2) is 0 Å². The number of likely N-dealkylation sites (tertiary alicyclic amines) is 1. The lowest BCUT2D eigenvalue weighted by Crippen LogP contribution is -2.37. The van der Waals surface area contributed by atoms with Crippen LogP contribution < -0.4 is 5.32 Å². The van der Waals surface area contributed by atoms with Gasteiger partial charge < -0.3 is 10.2 Å². The predicted octanol–water partition coefficient (Wildman–Crippen LogP) is 2.39. The average molecular weight is 254 g/mol. The van der Waals surface area contributed by atoms with Gasteiger partial charge in [-0.1, -0.05) is 6.07 Å². The summed E-state index contributed by atoms with van der Waals surface area (Å²) >= 11 is 0. The van der Waals surface area contributed by atoms with Crippen molar-refractivity contribution in [2.75, 3.05) is 11.9 Å². The zero-order chi connectivity index (χ0) is 13.3. The second kappa shape index (κ2) is 4.92. The molecule has 0 bridgehead atoms. The molecule has 1 N–H and O–H groups in total. The Morgan fingerprint density at radius 2 is 1.94 bits per heavy atom. The minimum absolute atomic E-state index is 0.104. The Bertz CT molecular complexity index is 442. The van der Waals surface area contributed by atoms with Gasteiger partial charge in [0.2, 0.25) is 5.91 Å². The van der Waals surface area contributed by atoms with Crippen molar-refractivity contribution < 1.29 is 13.6 Å². The molecule has 0 aliphatic carbocycles. The standard InChI is InChI=1S/C13H16F2N2O/c1-8(2)17-7-6-11(13(17)18)16-12-9(14)4-3-5-10(12)15/h3-5,8,11,16H,6-7H2,1-2H3. The van der Waals surface area contributed by atoms with E-state index in [1.165, 1.54) is 18.2 Å². The summed E-state index contributed by atoms with van der Waals surface area (Å²) in [6, 6.07) is 3.21. The Morgan fingerprint density at radius 1 is 1.33 bits per heavy atom. The zero-order valence-corrected chi connectivity index (χ0v) is 10.4. The summed E-state index contributed by atoms with van der Waals surface area (Å²) in [6.07, 6.45) is 0.560. The van der Waals surface area contributed by atoms with Crippen LogP contribution in [0.5, 0.6) is 0 Å². The van der Waals surface area contributed by atoms with Crippen LogP contribution in [-0.4, -0.2) is 29.4 Å². The van der Waals surface area contributed by atoms with Gasteiger partial charge in [-0.05, 0) is 32.4 Å². The molecule has 3 nitrogen and oxygen atoms in total. The predicted molar refractivity (Wildman–Crippen MR) is 65.2 cm³/mol. The molecular weight excluding hydrogens is 238 g/mol. The highest BCUT2D eigenvalue weighted by molar-refractivity contribution is 5.87. The molecule has 1 aliphatic heterocycles. The number of benzene rings is 1. The molecule has 5 heteroatoms. The summed E-state index contributed by atoms with van der Waals surface area (Å²) in [5, 5.41) is 2.67. The van der Waals surface area contributed by atoms with Crippen LogP contribution in [-0.2, 0) is 4.79 Å². The maximum Gasteiger partial charge on any atom is 0.245 e. The van der Waals surface area contributed by atoms with Crippen LogP contribution in [0.25, 0.3) is 0 Å². The van der Waals surface area contributed by atoms with E-state index in [0.717, 1.165) is 0 Å². The highest BCUT2D eigenvalue weighted by atomic mass is 19.1. The van der Waals surface area contributed by atoms with E-state index < -0.39 is 17.7 Å². The van der Waals surface area contributed by atoms with E-state index in [1.54, 1.807) is 4.90 Å². The Balaban J connectivity index is 2.14. The van der Waals surface area contributed by atoms with Crippen LogP contribution in [0.2, 0.25) is 0 Å². The molecule has 1 aromatic carbocycles. The summed E-state index contributed by atoms with van der Waals surface area (Å²) in [4.78, 5) is 13.7. The number of rotatable bonds is 3. The monoisotopic (exact) mass is 254 g/mol. The molecule has 1 heterocycles. The largest absolute Gasteiger partial charge is 0.369 e. The molecule has 0 radical (unpaired) electrons. The normalized spacial score (nSPS) is 19.7. The van der Waals surface area contributed by atoms with Crippen molar-refractivity contribution in [2.45, 2.75) is 32.4 Å². The molecule has 1 aromatic rings. The number of hydrogen-bond donors (Lipinski definition) is 1. The van der Waals surface area contributed by atoms with Gasteiger partial charge in [-0.2, -0.15) is 0 Å². The first kappa shape index (κ1) is 12.8. The van der Waals surface area contributed by atoms with Gasteiger partial charge in [-0.15, -0.1) is 0 Å². The van der Waals surface area contributed by atoms with Crippen molar-refractivity contribution in [1.29, 1.82) is 0 Å². The SMILES string of the molecule is CC(C)N1CCC(Nc2c(F)cccc2F)C1=O. The minimum atomic E-state index is -0.675. The zero-order valence-electron chi connectivity index (χ0n) is 10.4. The molecule has 18 heavy (non-hydrogen) atoms. The second-order valence-electron chi connectivity index (χ2n) is 4.71. The van der Waals surface area contributed by atoms with Crippen molar-refractivity contribution in [2.24, 2.45) is 0 Å². The lowest BCUT2D eigenvalue weighted by atomic mass is 10.2. The quantitative estimate of drug-likeness (QED) is 0.898. The third-order valence-electron chi connectivity index (χ3n) is 3.14. The van der Waals surface area contributed by atoms with Gasteiger partial charge >= 0.3 is 0 Å². The molecule has 0 saturated carbocycles. The van der Waals surface area contributed by atoms with Crippen molar-refractivity contribution in [1.82, 2.24) is 4.90 Å². The number of anilines is 1. The maximum absolute atomic E-state index is 13.5. The first-order chi connectivity index (χ1) is 8.50. The van der Waals surface area contributed by atoms with Crippen LogP contribution in [0.4, 0.5) is 14.5 Å². The number of para-hydroxylation sites is 1. The maximum atomic E-state index is 13.5. The Morgan fingerprint density at radius 3 is 2.44 bits per heavy atom. The molecule has 1 atom stereocenters. The molecular formula is C13H16F2N2O. The molecule has 0 spiro atoms. The van der Waals surface area contributed by atoms with E-state index in [4.69, 9.17) is 0 Å². The van der Waals surface area contributed by atoms with Gasteiger partial charge in [-0.25, -0.2) is 8.78 Å². The van der Waals surface area contributed by atoms with E-state index >= 15 is 0 Å². The fourth-order valence-electron chi connectivity index (χ4n) is 2.16. The van der Waals surface area contributed by atoms with E-state index in [0.29, 0.717) is 13.0 Å². The van der Waals surface area contributed by atoms with Crippen LogP contribution >= 0.6 is 0 Å². The third kappa shape index (κ3) is 2.30. The molecule has 1 amide bonds. The number of carbonyl (C=O) groups excluding carboxylic acids is 1. The summed E-state index contributed by atoms with van der Waals surface area (Å²) in [6.45, 7) is 4.46. The number of carbonyl (C=O) groups is 1. The highest BCUT2D eigenvalue weighted by Crippen LogP contribution is 2.23. The van der Waals surface area contributed by atoms with E-state index in [-0.39, 0.29) is 17.6 Å². The van der Waals surface area contributed by atoms with Crippen molar-refractivity contribution in [3.63, 3.8) is 0 Å². The second-order valence-corrected chi connectivity index (χ2v) is 4.71. The van der Waals surface area contributed by atoms with E-state index in [9.17, 15) is 13.6 Å². The summed E-state index contributed by atoms with van der Waals surface area (Å²) < 4.78 is 26.9. The van der Waals surface area contributed by atoms with Gasteiger partial charge in [-0.3, -0.25) is 4.79 Å². The van der Waals surface area contributed by atoms with Crippen molar-refractivity contribution in [3.8, 4) is 0 Å². The Labute approximate surface area is 105 Å². The number of halogens is 2. The first-order valence-corrected chi connectivity index (χ1v) is 6.01. The molecule has 1 aliphatic rings. The molecule has 1 fully saturated rings. The highest BCUT2D eigenvalue weighted by Gasteiger charge is 2.33. The minimum Gasteiger partial charge on any atom is -0.369 e. The Kier molecular flexibility index (Phi) is 3.50. The fourth-order valence-corrected chi connectivity index (χ4v) is 2.16. The van der Waals surface area contributed by atoms with Crippen molar-refractivity contribution >= 4 is 11.6 Å². The number of nitrogens with zero attached hydrogens (tertiary/aromatic N) is 1. The number of hydrogen-bond acceptors (Lipinski definition) is 2. The molecule has 0 aromatic heterocycles. The van der Waals surface area contributed by atoms with E-state index in [2.05, 4.69) is 5.32 Å². The van der Waals surface area contributed by atoms with Crippen LogP contribution in [0, 0.1) is 11.6 Å². The third-order valence-corrected chi connectivity index (χ3v) is 3.14. The first-order valence-electron chi connectivity index (χ1n) is 6.01. The summed E-state index contributed by atoms with van der Waals surface area (Å²) in [5.41, 5.74) is -0.221. The fraction of sp³-hybridized carbons (Fsp3) is 0.462.